The van der Waals surface area contributed by atoms with E-state index in [1.165, 1.54) is 0 Å². The first-order valence-corrected chi connectivity index (χ1v) is 8.30. The Morgan fingerprint density at radius 3 is 2.57 bits per heavy atom. The lowest BCUT2D eigenvalue weighted by molar-refractivity contribution is 0.0874. The van der Waals surface area contributed by atoms with Crippen LogP contribution < -0.4 is 0 Å². The summed E-state index contributed by atoms with van der Waals surface area (Å²) in [6.07, 6.45) is 5.80. The maximum atomic E-state index is 13.3. The second kappa shape index (κ2) is 5.76. The Hall–Kier alpha value is -1.42. The first kappa shape index (κ1) is 14.5. The van der Waals surface area contributed by atoms with Crippen LogP contribution in [0.25, 0.3) is 0 Å². The van der Waals surface area contributed by atoms with Crippen molar-refractivity contribution in [2.24, 2.45) is 0 Å². The van der Waals surface area contributed by atoms with Gasteiger partial charge in [-0.1, -0.05) is 43.2 Å². The Morgan fingerprint density at radius 2 is 1.95 bits per heavy atom. The van der Waals surface area contributed by atoms with Crippen molar-refractivity contribution in [1.82, 2.24) is 9.78 Å². The molecule has 1 heterocycles. The molecular formula is C17H19BrN2O. The quantitative estimate of drug-likeness (QED) is 0.771. The Kier molecular flexibility index (Phi) is 3.98. The zero-order valence-corrected chi connectivity index (χ0v) is 13.8. The lowest BCUT2D eigenvalue weighted by Crippen LogP contribution is -2.34. The smallest absolute Gasteiger partial charge is 0.192 e. The molecule has 4 heteroatoms. The maximum absolute atomic E-state index is 13.3. The number of hydrogen-bond donors (Lipinski definition) is 0. The van der Waals surface area contributed by atoms with Gasteiger partial charge in [-0.05, 0) is 41.3 Å². The molecule has 0 aliphatic heterocycles. The van der Waals surface area contributed by atoms with Crippen LogP contribution in [0.4, 0.5) is 0 Å². The van der Waals surface area contributed by atoms with E-state index in [0.29, 0.717) is 12.2 Å². The minimum atomic E-state index is -0.378. The molecule has 0 bridgehead atoms. The number of Topliss-reactive ketones (excluding diaryl/α,β-unsaturated/α-hetero) is 1. The van der Waals surface area contributed by atoms with Crippen molar-refractivity contribution < 1.29 is 4.79 Å². The molecule has 1 aliphatic rings. The summed E-state index contributed by atoms with van der Waals surface area (Å²) in [6.45, 7) is 2.72. The summed E-state index contributed by atoms with van der Waals surface area (Å²) in [6, 6.07) is 10.2. The number of nitrogens with zero attached hydrogens (tertiary/aromatic N) is 2. The largest absolute Gasteiger partial charge is 0.291 e. The molecule has 0 amide bonds. The summed E-state index contributed by atoms with van der Waals surface area (Å²) in [4.78, 5) is 13.3. The molecule has 0 N–H and O–H groups in total. The third-order valence-corrected chi connectivity index (χ3v) is 5.11. The number of aromatic nitrogens is 2. The molecule has 0 atom stereocenters. The fraction of sp³-hybridized carbons (Fsp3) is 0.412. The molecule has 21 heavy (non-hydrogen) atoms. The molecule has 110 valence electrons. The van der Waals surface area contributed by atoms with E-state index in [9.17, 15) is 4.79 Å². The number of benzene rings is 1. The van der Waals surface area contributed by atoms with E-state index in [4.69, 9.17) is 0 Å². The standard InChI is InChI=1S/C17H19BrN2O/c1-2-20-15(14(18)12-19-20)16(21)17(10-6-7-11-17)13-8-4-3-5-9-13/h3-5,8-9,12H,2,6-7,10-11H2,1H3. The van der Waals surface area contributed by atoms with Gasteiger partial charge in [0.1, 0.15) is 5.69 Å². The first-order chi connectivity index (χ1) is 10.2. The van der Waals surface area contributed by atoms with Crippen molar-refractivity contribution in [3.63, 3.8) is 0 Å². The van der Waals surface area contributed by atoms with Gasteiger partial charge in [0.25, 0.3) is 0 Å². The molecule has 2 aromatic rings. The normalized spacial score (nSPS) is 17.0. The highest BCUT2D eigenvalue weighted by molar-refractivity contribution is 9.10. The molecule has 1 aromatic heterocycles. The molecule has 0 spiro atoms. The van der Waals surface area contributed by atoms with Crippen molar-refractivity contribution in [1.29, 1.82) is 0 Å². The van der Waals surface area contributed by atoms with Crippen LogP contribution in [0.3, 0.4) is 0 Å². The van der Waals surface area contributed by atoms with Crippen LogP contribution in [0.2, 0.25) is 0 Å². The van der Waals surface area contributed by atoms with Crippen molar-refractivity contribution >= 4 is 21.7 Å². The van der Waals surface area contributed by atoms with Crippen LogP contribution in [0.5, 0.6) is 0 Å². The molecule has 0 unspecified atom stereocenters. The van der Waals surface area contributed by atoms with Gasteiger partial charge in [-0.15, -0.1) is 0 Å². The predicted molar refractivity (Wildman–Crippen MR) is 86.5 cm³/mol. The third kappa shape index (κ3) is 2.35. The average molecular weight is 347 g/mol. The summed E-state index contributed by atoms with van der Waals surface area (Å²) in [5.41, 5.74) is 1.48. The van der Waals surface area contributed by atoms with Crippen molar-refractivity contribution in [2.45, 2.75) is 44.6 Å². The highest BCUT2D eigenvalue weighted by Crippen LogP contribution is 2.44. The topological polar surface area (TPSA) is 34.9 Å². The van der Waals surface area contributed by atoms with Crippen LogP contribution in [-0.4, -0.2) is 15.6 Å². The highest BCUT2D eigenvalue weighted by atomic mass is 79.9. The summed E-state index contributed by atoms with van der Waals surface area (Å²) < 4.78 is 2.60. The minimum absolute atomic E-state index is 0.206. The SMILES string of the molecule is CCn1ncc(Br)c1C(=O)C1(c2ccccc2)CCCC1. The Balaban J connectivity index is 2.10. The number of aryl methyl sites for hydroxylation is 1. The lowest BCUT2D eigenvalue weighted by atomic mass is 9.74. The molecule has 1 aromatic carbocycles. The van der Waals surface area contributed by atoms with E-state index in [0.717, 1.165) is 35.7 Å². The van der Waals surface area contributed by atoms with E-state index in [1.807, 2.05) is 25.1 Å². The number of halogens is 1. The van der Waals surface area contributed by atoms with Gasteiger partial charge in [-0.25, -0.2) is 0 Å². The number of ketones is 1. The number of carbonyl (C=O) groups is 1. The van der Waals surface area contributed by atoms with Gasteiger partial charge in [-0.2, -0.15) is 5.10 Å². The van der Waals surface area contributed by atoms with Crippen LogP contribution in [0, 0.1) is 0 Å². The lowest BCUT2D eigenvalue weighted by Gasteiger charge is -2.28. The third-order valence-electron chi connectivity index (χ3n) is 4.53. The summed E-state index contributed by atoms with van der Waals surface area (Å²) in [5, 5.41) is 4.30. The molecule has 0 radical (unpaired) electrons. The zero-order chi connectivity index (χ0) is 14.9. The van der Waals surface area contributed by atoms with Gasteiger partial charge < -0.3 is 0 Å². The Morgan fingerprint density at radius 1 is 1.29 bits per heavy atom. The molecule has 1 saturated carbocycles. The number of rotatable bonds is 4. The second-order valence-corrected chi connectivity index (χ2v) is 6.50. The zero-order valence-electron chi connectivity index (χ0n) is 12.2. The monoisotopic (exact) mass is 346 g/mol. The summed E-state index contributed by atoms with van der Waals surface area (Å²) in [7, 11) is 0. The molecule has 1 fully saturated rings. The van der Waals surface area contributed by atoms with E-state index in [1.54, 1.807) is 10.9 Å². The van der Waals surface area contributed by atoms with Gasteiger partial charge in [-0.3, -0.25) is 9.48 Å². The van der Waals surface area contributed by atoms with Gasteiger partial charge in [0.2, 0.25) is 0 Å². The maximum Gasteiger partial charge on any atom is 0.192 e. The van der Waals surface area contributed by atoms with E-state index in [-0.39, 0.29) is 11.2 Å². The summed E-state index contributed by atoms with van der Waals surface area (Å²) in [5.74, 6) is 0.206. The van der Waals surface area contributed by atoms with Crippen molar-refractivity contribution in [2.75, 3.05) is 0 Å². The molecular weight excluding hydrogens is 328 g/mol. The van der Waals surface area contributed by atoms with Crippen LogP contribution in [-0.2, 0) is 12.0 Å². The Labute approximate surface area is 133 Å². The number of carbonyl (C=O) groups excluding carboxylic acids is 1. The molecule has 1 aliphatic carbocycles. The fourth-order valence-electron chi connectivity index (χ4n) is 3.44. The van der Waals surface area contributed by atoms with Crippen LogP contribution >= 0.6 is 15.9 Å². The van der Waals surface area contributed by atoms with Gasteiger partial charge in [0.05, 0.1) is 16.1 Å². The number of hydrogen-bond acceptors (Lipinski definition) is 2. The fourth-order valence-corrected chi connectivity index (χ4v) is 3.91. The molecule has 3 rings (SSSR count). The van der Waals surface area contributed by atoms with Gasteiger partial charge in [0, 0.05) is 6.54 Å². The van der Waals surface area contributed by atoms with Crippen molar-refractivity contribution in [3.05, 3.63) is 52.3 Å². The average Bonchev–Trinajstić information content (AvgIpc) is 3.15. The van der Waals surface area contributed by atoms with E-state index >= 15 is 0 Å². The van der Waals surface area contributed by atoms with Crippen LogP contribution in [0.1, 0.15) is 48.7 Å². The van der Waals surface area contributed by atoms with Gasteiger partial charge in [0.15, 0.2) is 5.78 Å². The van der Waals surface area contributed by atoms with Gasteiger partial charge >= 0.3 is 0 Å². The first-order valence-electron chi connectivity index (χ1n) is 7.50. The van der Waals surface area contributed by atoms with E-state index in [2.05, 4.69) is 33.2 Å². The minimum Gasteiger partial charge on any atom is -0.291 e. The van der Waals surface area contributed by atoms with E-state index < -0.39 is 0 Å². The predicted octanol–water partition coefficient (Wildman–Crippen LogP) is 4.36. The molecule has 3 nitrogen and oxygen atoms in total. The second-order valence-electron chi connectivity index (χ2n) is 5.64. The highest BCUT2D eigenvalue weighted by Gasteiger charge is 2.44. The Bertz CT molecular complexity index is 642. The molecule has 0 saturated heterocycles. The van der Waals surface area contributed by atoms with Crippen molar-refractivity contribution in [3.8, 4) is 0 Å². The summed E-state index contributed by atoms with van der Waals surface area (Å²) >= 11 is 3.50. The van der Waals surface area contributed by atoms with Crippen LogP contribution in [0.15, 0.2) is 41.0 Å².